The summed E-state index contributed by atoms with van der Waals surface area (Å²) in [6, 6.07) is 14.4. The van der Waals surface area contributed by atoms with Crippen LogP contribution in [0, 0.1) is 5.92 Å². The lowest BCUT2D eigenvalue weighted by Gasteiger charge is -2.25. The topological polar surface area (TPSA) is 12.0 Å². The third-order valence-corrected chi connectivity index (χ3v) is 4.94. The summed E-state index contributed by atoms with van der Waals surface area (Å²) in [7, 11) is 0. The van der Waals surface area contributed by atoms with Crippen molar-refractivity contribution in [2.75, 3.05) is 5.32 Å². The molecule has 2 rings (SSSR count). The van der Waals surface area contributed by atoms with E-state index in [1.54, 1.807) is 0 Å². The van der Waals surface area contributed by atoms with E-state index in [0.29, 0.717) is 16.0 Å². The first-order valence-corrected chi connectivity index (χ1v) is 8.00. The minimum Gasteiger partial charge on any atom is -0.377 e. The molecule has 20 heavy (non-hydrogen) atoms. The first-order chi connectivity index (χ1) is 9.50. The lowest BCUT2D eigenvalue weighted by molar-refractivity contribution is 0.546. The van der Waals surface area contributed by atoms with Crippen molar-refractivity contribution in [1.29, 1.82) is 0 Å². The van der Waals surface area contributed by atoms with E-state index in [4.69, 9.17) is 23.2 Å². The van der Waals surface area contributed by atoms with Crippen LogP contribution >= 0.6 is 39.1 Å². The van der Waals surface area contributed by atoms with Gasteiger partial charge in [0.05, 0.1) is 21.8 Å². The predicted octanol–water partition coefficient (Wildman–Crippen LogP) is 6.57. The Hall–Kier alpha value is -0.700. The van der Waals surface area contributed by atoms with Crippen LogP contribution in [0.5, 0.6) is 0 Å². The van der Waals surface area contributed by atoms with Gasteiger partial charge in [-0.15, -0.1) is 0 Å². The maximum atomic E-state index is 6.31. The molecule has 0 saturated heterocycles. The summed E-state index contributed by atoms with van der Waals surface area (Å²) in [6.45, 7) is 4.36. The molecular weight excluding hydrogens is 357 g/mol. The maximum absolute atomic E-state index is 6.31. The molecule has 1 unspecified atom stereocenters. The molecule has 0 radical (unpaired) electrons. The minimum atomic E-state index is 0.186. The molecule has 2 aromatic carbocycles. The molecular formula is C16H16BrCl2N. The summed E-state index contributed by atoms with van der Waals surface area (Å²) >= 11 is 15.9. The monoisotopic (exact) mass is 371 g/mol. The van der Waals surface area contributed by atoms with Gasteiger partial charge in [0.2, 0.25) is 0 Å². The summed E-state index contributed by atoms with van der Waals surface area (Å²) in [4.78, 5) is 0. The molecule has 0 aliphatic rings. The second-order valence-electron chi connectivity index (χ2n) is 5.00. The Labute approximate surface area is 138 Å². The lowest BCUT2D eigenvalue weighted by Crippen LogP contribution is -2.17. The van der Waals surface area contributed by atoms with Gasteiger partial charge in [0.15, 0.2) is 0 Å². The summed E-state index contributed by atoms with van der Waals surface area (Å²) in [6.07, 6.45) is 0. The molecule has 0 saturated carbocycles. The van der Waals surface area contributed by atoms with Gasteiger partial charge in [-0.1, -0.05) is 67.4 Å². The number of hydrogen-bond acceptors (Lipinski definition) is 1. The minimum absolute atomic E-state index is 0.186. The summed E-state index contributed by atoms with van der Waals surface area (Å²) in [5.74, 6) is 0.427. The van der Waals surface area contributed by atoms with Gasteiger partial charge in [-0.25, -0.2) is 0 Å². The first kappa shape index (κ1) is 15.7. The molecule has 4 heteroatoms. The second-order valence-corrected chi connectivity index (χ2v) is 6.61. The van der Waals surface area contributed by atoms with E-state index < -0.39 is 0 Å². The Balaban J connectivity index is 2.33. The zero-order chi connectivity index (χ0) is 14.7. The number of halogens is 3. The number of benzene rings is 2. The fraction of sp³-hybridized carbons (Fsp3) is 0.250. The van der Waals surface area contributed by atoms with E-state index in [1.807, 2.05) is 30.3 Å². The van der Waals surface area contributed by atoms with E-state index in [0.717, 1.165) is 10.2 Å². The van der Waals surface area contributed by atoms with E-state index in [-0.39, 0.29) is 6.04 Å². The summed E-state index contributed by atoms with van der Waals surface area (Å²) < 4.78 is 0.801. The van der Waals surface area contributed by atoms with Crippen molar-refractivity contribution >= 4 is 44.8 Å². The Morgan fingerprint density at radius 2 is 1.60 bits per heavy atom. The van der Waals surface area contributed by atoms with Crippen LogP contribution in [0.4, 0.5) is 5.69 Å². The lowest BCUT2D eigenvalue weighted by atomic mass is 9.96. The maximum Gasteiger partial charge on any atom is 0.0835 e. The highest BCUT2D eigenvalue weighted by molar-refractivity contribution is 9.10. The third-order valence-electron chi connectivity index (χ3n) is 3.17. The number of anilines is 1. The number of nitrogens with one attached hydrogen (secondary N) is 1. The average Bonchev–Trinajstić information content (AvgIpc) is 2.45. The zero-order valence-corrected chi connectivity index (χ0v) is 14.4. The van der Waals surface area contributed by atoms with Gasteiger partial charge in [0.25, 0.3) is 0 Å². The van der Waals surface area contributed by atoms with Crippen LogP contribution in [0.2, 0.25) is 10.0 Å². The van der Waals surface area contributed by atoms with Gasteiger partial charge in [0, 0.05) is 4.47 Å². The highest BCUT2D eigenvalue weighted by Gasteiger charge is 2.18. The van der Waals surface area contributed by atoms with E-state index >= 15 is 0 Å². The third kappa shape index (κ3) is 3.49. The van der Waals surface area contributed by atoms with Gasteiger partial charge in [-0.3, -0.25) is 0 Å². The van der Waals surface area contributed by atoms with Crippen molar-refractivity contribution in [3.8, 4) is 0 Å². The molecule has 0 bridgehead atoms. The zero-order valence-electron chi connectivity index (χ0n) is 11.3. The first-order valence-electron chi connectivity index (χ1n) is 6.45. The Kier molecular flexibility index (Phi) is 5.36. The smallest absolute Gasteiger partial charge is 0.0835 e. The van der Waals surface area contributed by atoms with E-state index in [9.17, 15) is 0 Å². The molecule has 0 aromatic heterocycles. The van der Waals surface area contributed by atoms with Crippen LogP contribution in [-0.4, -0.2) is 0 Å². The molecule has 0 amide bonds. The van der Waals surface area contributed by atoms with Crippen molar-refractivity contribution in [2.24, 2.45) is 5.92 Å². The predicted molar refractivity (Wildman–Crippen MR) is 91.8 cm³/mol. The van der Waals surface area contributed by atoms with Crippen LogP contribution < -0.4 is 5.32 Å². The van der Waals surface area contributed by atoms with Gasteiger partial charge >= 0.3 is 0 Å². The van der Waals surface area contributed by atoms with Crippen molar-refractivity contribution in [3.63, 3.8) is 0 Å². The summed E-state index contributed by atoms with van der Waals surface area (Å²) in [5, 5.41) is 4.57. The molecule has 0 fully saturated rings. The van der Waals surface area contributed by atoms with Crippen LogP contribution in [0.3, 0.4) is 0 Å². The van der Waals surface area contributed by atoms with Crippen LogP contribution in [-0.2, 0) is 0 Å². The Bertz CT molecular complexity index is 585. The molecule has 0 aliphatic heterocycles. The summed E-state index contributed by atoms with van der Waals surface area (Å²) in [5.41, 5.74) is 2.08. The van der Waals surface area contributed by atoms with E-state index in [2.05, 4.69) is 47.2 Å². The Morgan fingerprint density at radius 3 is 2.20 bits per heavy atom. The largest absolute Gasteiger partial charge is 0.377 e. The van der Waals surface area contributed by atoms with Crippen LogP contribution in [0.15, 0.2) is 46.9 Å². The fourth-order valence-electron chi connectivity index (χ4n) is 2.10. The van der Waals surface area contributed by atoms with Gasteiger partial charge in [-0.2, -0.15) is 0 Å². The van der Waals surface area contributed by atoms with Gasteiger partial charge in [0.1, 0.15) is 0 Å². The van der Waals surface area contributed by atoms with Crippen molar-refractivity contribution in [1.82, 2.24) is 0 Å². The van der Waals surface area contributed by atoms with Crippen molar-refractivity contribution in [3.05, 3.63) is 62.5 Å². The molecule has 0 spiro atoms. The molecule has 2 aromatic rings. The van der Waals surface area contributed by atoms with E-state index in [1.165, 1.54) is 5.56 Å². The van der Waals surface area contributed by atoms with Gasteiger partial charge in [-0.05, 0) is 39.5 Å². The SMILES string of the molecule is CC(C)C(Nc1ccc(Br)c(Cl)c1Cl)c1ccccc1. The molecule has 1 nitrogen and oxygen atoms in total. The molecule has 1 N–H and O–H groups in total. The standard InChI is InChI=1S/C16H16BrCl2N/c1-10(2)16(11-6-4-3-5-7-11)20-13-9-8-12(17)14(18)15(13)19/h3-10,16,20H,1-2H3. The van der Waals surface area contributed by atoms with Crippen molar-refractivity contribution < 1.29 is 0 Å². The quantitative estimate of drug-likeness (QED) is 0.598. The van der Waals surface area contributed by atoms with Crippen LogP contribution in [0.1, 0.15) is 25.5 Å². The van der Waals surface area contributed by atoms with Crippen LogP contribution in [0.25, 0.3) is 0 Å². The number of hydrogen-bond donors (Lipinski definition) is 1. The molecule has 0 aliphatic carbocycles. The average molecular weight is 373 g/mol. The van der Waals surface area contributed by atoms with Gasteiger partial charge < -0.3 is 5.32 Å². The van der Waals surface area contributed by atoms with Crippen molar-refractivity contribution in [2.45, 2.75) is 19.9 Å². The molecule has 1 atom stereocenters. The highest BCUT2D eigenvalue weighted by atomic mass is 79.9. The fourth-order valence-corrected chi connectivity index (χ4v) is 2.93. The number of rotatable bonds is 4. The highest BCUT2D eigenvalue weighted by Crippen LogP contribution is 2.38. The normalized spacial score (nSPS) is 12.5. The molecule has 106 valence electrons. The molecule has 0 heterocycles. The second kappa shape index (κ2) is 6.84. The Morgan fingerprint density at radius 1 is 0.950 bits per heavy atom.